The third-order valence-electron chi connectivity index (χ3n) is 5.72. The zero-order chi connectivity index (χ0) is 21.2. The van der Waals surface area contributed by atoms with Crippen LogP contribution in [-0.2, 0) is 11.3 Å². The van der Waals surface area contributed by atoms with E-state index in [2.05, 4.69) is 28.9 Å². The lowest BCUT2D eigenvalue weighted by Gasteiger charge is -2.17. The summed E-state index contributed by atoms with van der Waals surface area (Å²) in [4.78, 5) is 19.2. The standard InChI is InChI=1S/C26H22FN3O/c27-21-12-4-6-14-23(21)30-18-20(17-25(30)31)26-28-22-13-5-7-15-24(22)29(26)16-8-11-19-9-2-1-3-10-19/h1-15,20H,16-18H2/b11-8+/t20-/m1/s1. The van der Waals surface area contributed by atoms with Gasteiger partial charge in [0, 0.05) is 25.4 Å². The molecule has 0 aliphatic carbocycles. The number of aromatic nitrogens is 2. The minimum atomic E-state index is -0.379. The smallest absolute Gasteiger partial charge is 0.227 e. The van der Waals surface area contributed by atoms with Gasteiger partial charge in [0.15, 0.2) is 0 Å². The molecule has 1 amide bonds. The molecule has 0 radical (unpaired) electrons. The van der Waals surface area contributed by atoms with Gasteiger partial charge in [-0.25, -0.2) is 9.37 Å². The number of carbonyl (C=O) groups is 1. The number of benzene rings is 3. The van der Waals surface area contributed by atoms with Crippen LogP contribution in [0.25, 0.3) is 17.1 Å². The summed E-state index contributed by atoms with van der Waals surface area (Å²) in [6.07, 6.45) is 4.52. The van der Waals surface area contributed by atoms with E-state index in [1.807, 2.05) is 42.5 Å². The predicted octanol–water partition coefficient (Wildman–Crippen LogP) is 5.41. The number of nitrogens with zero attached hydrogens (tertiary/aromatic N) is 3. The Kier molecular flexibility index (Phi) is 5.08. The van der Waals surface area contributed by atoms with Crippen molar-refractivity contribution in [1.82, 2.24) is 9.55 Å². The molecule has 1 atom stereocenters. The molecule has 4 nitrogen and oxygen atoms in total. The van der Waals surface area contributed by atoms with Crippen LogP contribution in [0.4, 0.5) is 10.1 Å². The first-order valence-corrected chi connectivity index (χ1v) is 10.4. The second-order valence-corrected chi connectivity index (χ2v) is 7.74. The Bertz CT molecular complexity index is 1260. The number of rotatable bonds is 5. The number of imidazole rings is 1. The normalized spacial score (nSPS) is 16.6. The van der Waals surface area contributed by atoms with E-state index >= 15 is 0 Å². The molecule has 5 heteroatoms. The highest BCUT2D eigenvalue weighted by Gasteiger charge is 2.35. The Balaban J connectivity index is 1.47. The summed E-state index contributed by atoms with van der Waals surface area (Å²) < 4.78 is 16.5. The highest BCUT2D eigenvalue weighted by atomic mass is 19.1. The lowest BCUT2D eigenvalue weighted by Crippen LogP contribution is -2.25. The van der Waals surface area contributed by atoms with Gasteiger partial charge in [0.1, 0.15) is 11.6 Å². The summed E-state index contributed by atoms with van der Waals surface area (Å²) in [6, 6.07) is 24.6. The van der Waals surface area contributed by atoms with E-state index in [4.69, 9.17) is 4.98 Å². The minimum absolute atomic E-state index is 0.0754. The van der Waals surface area contributed by atoms with Gasteiger partial charge in [-0.05, 0) is 29.8 Å². The zero-order valence-corrected chi connectivity index (χ0v) is 17.0. The Labute approximate surface area is 180 Å². The Morgan fingerprint density at radius 2 is 1.71 bits per heavy atom. The van der Waals surface area contributed by atoms with Crippen LogP contribution in [0.2, 0.25) is 0 Å². The molecule has 0 unspecified atom stereocenters. The number of amides is 1. The number of hydrogen-bond acceptors (Lipinski definition) is 2. The molecule has 2 heterocycles. The van der Waals surface area contributed by atoms with Gasteiger partial charge in [-0.2, -0.15) is 0 Å². The van der Waals surface area contributed by atoms with Crippen LogP contribution in [0.1, 0.15) is 23.7 Å². The van der Waals surface area contributed by atoms with Gasteiger partial charge >= 0.3 is 0 Å². The fourth-order valence-electron chi connectivity index (χ4n) is 4.24. The summed E-state index contributed by atoms with van der Waals surface area (Å²) in [5.41, 5.74) is 3.41. The number of halogens is 1. The van der Waals surface area contributed by atoms with Crippen LogP contribution in [0.15, 0.2) is 84.9 Å². The zero-order valence-electron chi connectivity index (χ0n) is 17.0. The first-order chi connectivity index (χ1) is 15.2. The van der Waals surface area contributed by atoms with Gasteiger partial charge in [-0.3, -0.25) is 4.79 Å². The second-order valence-electron chi connectivity index (χ2n) is 7.74. The van der Waals surface area contributed by atoms with Crippen LogP contribution >= 0.6 is 0 Å². The third-order valence-corrected chi connectivity index (χ3v) is 5.72. The van der Waals surface area contributed by atoms with Crippen LogP contribution in [-0.4, -0.2) is 22.0 Å². The van der Waals surface area contributed by atoms with Crippen LogP contribution in [0, 0.1) is 5.82 Å². The molecule has 1 aliphatic heterocycles. The molecule has 0 N–H and O–H groups in total. The summed E-state index contributed by atoms with van der Waals surface area (Å²) >= 11 is 0. The maximum Gasteiger partial charge on any atom is 0.227 e. The number of fused-ring (bicyclic) bond motifs is 1. The molecule has 5 rings (SSSR count). The van der Waals surface area contributed by atoms with Gasteiger partial charge in [-0.15, -0.1) is 0 Å². The molecule has 0 saturated carbocycles. The van der Waals surface area contributed by atoms with Crippen molar-refractivity contribution in [2.45, 2.75) is 18.9 Å². The number of allylic oxidation sites excluding steroid dienone is 1. The summed E-state index contributed by atoms with van der Waals surface area (Å²) in [7, 11) is 0. The average molecular weight is 411 g/mol. The van der Waals surface area contributed by atoms with E-state index in [0.717, 1.165) is 22.4 Å². The largest absolute Gasteiger partial charge is 0.324 e. The molecule has 1 fully saturated rings. The number of para-hydroxylation sites is 3. The number of hydrogen-bond donors (Lipinski definition) is 0. The SMILES string of the molecule is O=C1C[C@@H](c2nc3ccccc3n2C/C=C/c2ccccc2)CN1c1ccccc1F. The van der Waals surface area contributed by atoms with Crippen molar-refractivity contribution < 1.29 is 9.18 Å². The third kappa shape index (κ3) is 3.75. The van der Waals surface area contributed by atoms with E-state index in [1.165, 1.54) is 6.07 Å². The number of anilines is 1. The predicted molar refractivity (Wildman–Crippen MR) is 121 cm³/mol. The van der Waals surface area contributed by atoms with Gasteiger partial charge in [0.05, 0.1) is 16.7 Å². The van der Waals surface area contributed by atoms with E-state index in [9.17, 15) is 9.18 Å². The van der Waals surface area contributed by atoms with Gasteiger partial charge in [-0.1, -0.05) is 66.7 Å². The monoisotopic (exact) mass is 411 g/mol. The molecule has 0 spiro atoms. The Hall–Kier alpha value is -3.73. The fraction of sp³-hybridized carbons (Fsp3) is 0.154. The van der Waals surface area contributed by atoms with Crippen molar-refractivity contribution in [3.63, 3.8) is 0 Å². The van der Waals surface area contributed by atoms with Crippen LogP contribution in [0.5, 0.6) is 0 Å². The molecule has 31 heavy (non-hydrogen) atoms. The van der Waals surface area contributed by atoms with Crippen molar-refractivity contribution in [2.75, 3.05) is 11.4 Å². The maximum absolute atomic E-state index is 14.3. The van der Waals surface area contributed by atoms with Gasteiger partial charge < -0.3 is 9.47 Å². The molecule has 1 aromatic heterocycles. The van der Waals surface area contributed by atoms with E-state index in [0.29, 0.717) is 25.2 Å². The highest BCUT2D eigenvalue weighted by molar-refractivity contribution is 5.96. The average Bonchev–Trinajstić information content (AvgIpc) is 3.35. The van der Waals surface area contributed by atoms with Crippen molar-refractivity contribution in [1.29, 1.82) is 0 Å². The molecule has 4 aromatic rings. The fourth-order valence-corrected chi connectivity index (χ4v) is 4.24. The van der Waals surface area contributed by atoms with Gasteiger partial charge in [0.2, 0.25) is 5.91 Å². The molecule has 1 saturated heterocycles. The molecular weight excluding hydrogens is 389 g/mol. The van der Waals surface area contributed by atoms with E-state index in [1.54, 1.807) is 23.1 Å². The first kappa shape index (κ1) is 19.2. The van der Waals surface area contributed by atoms with E-state index < -0.39 is 0 Å². The van der Waals surface area contributed by atoms with Gasteiger partial charge in [0.25, 0.3) is 0 Å². The summed E-state index contributed by atoms with van der Waals surface area (Å²) in [5.74, 6) is 0.320. The van der Waals surface area contributed by atoms with Crippen molar-refractivity contribution in [2.24, 2.45) is 0 Å². The second kappa shape index (κ2) is 8.19. The van der Waals surface area contributed by atoms with E-state index in [-0.39, 0.29) is 17.6 Å². The summed E-state index contributed by atoms with van der Waals surface area (Å²) in [6.45, 7) is 1.07. The Morgan fingerprint density at radius 1 is 0.968 bits per heavy atom. The first-order valence-electron chi connectivity index (χ1n) is 10.4. The summed E-state index contributed by atoms with van der Waals surface area (Å²) in [5, 5.41) is 0. The maximum atomic E-state index is 14.3. The minimum Gasteiger partial charge on any atom is -0.324 e. The van der Waals surface area contributed by atoms with Crippen molar-refractivity contribution in [3.8, 4) is 0 Å². The Morgan fingerprint density at radius 3 is 2.55 bits per heavy atom. The lowest BCUT2D eigenvalue weighted by molar-refractivity contribution is -0.117. The molecule has 154 valence electrons. The highest BCUT2D eigenvalue weighted by Crippen LogP contribution is 2.34. The van der Waals surface area contributed by atoms with Crippen LogP contribution in [0.3, 0.4) is 0 Å². The number of carbonyl (C=O) groups excluding carboxylic acids is 1. The lowest BCUT2D eigenvalue weighted by atomic mass is 10.1. The van der Waals surface area contributed by atoms with Crippen molar-refractivity contribution in [3.05, 3.63) is 102 Å². The molecular formula is C26H22FN3O. The molecule has 0 bridgehead atoms. The van der Waals surface area contributed by atoms with Crippen LogP contribution < -0.4 is 4.90 Å². The van der Waals surface area contributed by atoms with Crippen molar-refractivity contribution >= 4 is 28.7 Å². The molecule has 3 aromatic carbocycles. The topological polar surface area (TPSA) is 38.1 Å². The molecule has 1 aliphatic rings. The quantitative estimate of drug-likeness (QED) is 0.440.